The fourth-order valence-electron chi connectivity index (χ4n) is 2.02. The van der Waals surface area contributed by atoms with Gasteiger partial charge in [-0.3, -0.25) is 19.3 Å². The lowest BCUT2D eigenvalue weighted by atomic mass is 10.3. The van der Waals surface area contributed by atoms with Crippen LogP contribution >= 0.6 is 11.6 Å². The van der Waals surface area contributed by atoms with Crippen molar-refractivity contribution in [2.24, 2.45) is 0 Å². The van der Waals surface area contributed by atoms with Gasteiger partial charge < -0.3 is 4.74 Å². The Kier molecular flexibility index (Phi) is 6.71. The topological polar surface area (TPSA) is 57.0 Å². The Morgan fingerprint density at radius 2 is 1.88 bits per heavy atom. The first-order valence-electron chi connectivity index (χ1n) is 8.01. The molecule has 3 heterocycles. The highest BCUT2D eigenvalue weighted by molar-refractivity contribution is 6.30. The molecule has 0 fully saturated rings. The van der Waals surface area contributed by atoms with Crippen LogP contribution in [-0.2, 0) is 6.61 Å². The molecule has 0 aliphatic carbocycles. The van der Waals surface area contributed by atoms with Crippen LogP contribution in [0.15, 0.2) is 59.8 Å². The van der Waals surface area contributed by atoms with Crippen LogP contribution in [0.4, 0.5) is 0 Å². The minimum atomic E-state index is -0.183. The lowest BCUT2D eigenvalue weighted by molar-refractivity contribution is 0.300. The third-order valence-electron chi connectivity index (χ3n) is 3.24. The SMILES string of the molecule is CC.Cc1ccc(-n2ccc(OCc3ccc(Cl)cn3)cc2=O)cn1. The van der Waals surface area contributed by atoms with Gasteiger partial charge in [0.2, 0.25) is 0 Å². The van der Waals surface area contributed by atoms with Gasteiger partial charge in [0.15, 0.2) is 0 Å². The van der Waals surface area contributed by atoms with E-state index in [1.54, 1.807) is 36.8 Å². The Morgan fingerprint density at radius 1 is 1.08 bits per heavy atom. The number of halogens is 1. The minimum absolute atomic E-state index is 0.183. The van der Waals surface area contributed by atoms with Gasteiger partial charge in [0.1, 0.15) is 12.4 Å². The van der Waals surface area contributed by atoms with E-state index in [-0.39, 0.29) is 12.2 Å². The molecule has 0 unspecified atom stereocenters. The fraction of sp³-hybridized carbons (Fsp3) is 0.211. The largest absolute Gasteiger partial charge is 0.487 e. The van der Waals surface area contributed by atoms with Gasteiger partial charge >= 0.3 is 0 Å². The molecule has 25 heavy (non-hydrogen) atoms. The van der Waals surface area contributed by atoms with E-state index in [0.29, 0.717) is 16.5 Å². The zero-order chi connectivity index (χ0) is 18.2. The van der Waals surface area contributed by atoms with Crippen molar-refractivity contribution >= 4 is 11.6 Å². The van der Waals surface area contributed by atoms with Crippen LogP contribution in [0.3, 0.4) is 0 Å². The van der Waals surface area contributed by atoms with E-state index < -0.39 is 0 Å². The van der Waals surface area contributed by atoms with Crippen LogP contribution in [-0.4, -0.2) is 14.5 Å². The van der Waals surface area contributed by atoms with Crippen LogP contribution < -0.4 is 10.3 Å². The number of aromatic nitrogens is 3. The summed E-state index contributed by atoms with van der Waals surface area (Å²) in [7, 11) is 0. The average Bonchev–Trinajstić information content (AvgIpc) is 2.64. The molecule has 0 aliphatic heterocycles. The lowest BCUT2D eigenvalue weighted by Crippen LogP contribution is -2.17. The standard InChI is InChI=1S/C17H14ClN3O2.C2H6/c1-12-2-5-15(10-19-12)21-7-6-16(8-17(21)22)23-11-14-4-3-13(18)9-20-14;1-2/h2-10H,11H2,1H3;1-2H3. The Hall–Kier alpha value is -2.66. The van der Waals surface area contributed by atoms with Gasteiger partial charge in [0, 0.05) is 24.2 Å². The van der Waals surface area contributed by atoms with E-state index >= 15 is 0 Å². The smallest absolute Gasteiger partial charge is 0.258 e. The van der Waals surface area contributed by atoms with Crippen molar-refractivity contribution in [3.8, 4) is 11.4 Å². The van der Waals surface area contributed by atoms with Crippen LogP contribution in [0, 0.1) is 6.92 Å². The maximum Gasteiger partial charge on any atom is 0.258 e. The van der Waals surface area contributed by atoms with Gasteiger partial charge in [-0.15, -0.1) is 0 Å². The molecule has 130 valence electrons. The lowest BCUT2D eigenvalue weighted by Gasteiger charge is -2.08. The molecule has 3 rings (SSSR count). The summed E-state index contributed by atoms with van der Waals surface area (Å²) in [6.45, 7) is 6.17. The number of hydrogen-bond donors (Lipinski definition) is 0. The number of aryl methyl sites for hydroxylation is 1. The summed E-state index contributed by atoms with van der Waals surface area (Å²) in [5.74, 6) is 0.489. The van der Waals surface area contributed by atoms with Crippen LogP contribution in [0.25, 0.3) is 5.69 Å². The third kappa shape index (κ3) is 5.16. The number of ether oxygens (including phenoxy) is 1. The van der Waals surface area contributed by atoms with Crippen LogP contribution in [0.2, 0.25) is 5.02 Å². The van der Waals surface area contributed by atoms with Crippen molar-refractivity contribution in [1.82, 2.24) is 14.5 Å². The van der Waals surface area contributed by atoms with Gasteiger partial charge in [-0.25, -0.2) is 0 Å². The second-order valence-electron chi connectivity index (χ2n) is 4.98. The van der Waals surface area contributed by atoms with E-state index in [2.05, 4.69) is 9.97 Å². The first kappa shape index (κ1) is 18.7. The van der Waals surface area contributed by atoms with E-state index in [0.717, 1.165) is 11.4 Å². The Balaban J connectivity index is 0.00000109. The first-order chi connectivity index (χ1) is 12.1. The van der Waals surface area contributed by atoms with Gasteiger partial charge in [-0.05, 0) is 37.3 Å². The monoisotopic (exact) mass is 357 g/mol. The third-order valence-corrected chi connectivity index (χ3v) is 3.46. The van der Waals surface area contributed by atoms with E-state index in [4.69, 9.17) is 16.3 Å². The molecule has 0 saturated carbocycles. The molecule has 0 atom stereocenters. The summed E-state index contributed by atoms with van der Waals surface area (Å²) in [6, 6.07) is 10.4. The number of hydrogen-bond acceptors (Lipinski definition) is 4. The molecule has 3 aromatic heterocycles. The minimum Gasteiger partial charge on any atom is -0.487 e. The molecule has 0 radical (unpaired) electrons. The molecular weight excluding hydrogens is 338 g/mol. The normalized spacial score (nSPS) is 9.92. The van der Waals surface area contributed by atoms with Crippen molar-refractivity contribution in [1.29, 1.82) is 0 Å². The summed E-state index contributed by atoms with van der Waals surface area (Å²) in [6.07, 6.45) is 4.89. The summed E-state index contributed by atoms with van der Waals surface area (Å²) < 4.78 is 7.10. The van der Waals surface area contributed by atoms with Gasteiger partial charge in [0.25, 0.3) is 5.56 Å². The molecule has 0 aliphatic rings. The summed E-state index contributed by atoms with van der Waals surface area (Å²) in [4.78, 5) is 20.5. The van der Waals surface area contributed by atoms with E-state index in [1.165, 1.54) is 10.6 Å². The summed E-state index contributed by atoms with van der Waals surface area (Å²) in [5.41, 5.74) is 2.17. The molecule has 5 nitrogen and oxygen atoms in total. The zero-order valence-corrected chi connectivity index (χ0v) is 15.2. The molecule has 0 N–H and O–H groups in total. The van der Waals surface area contributed by atoms with Crippen molar-refractivity contribution in [3.63, 3.8) is 0 Å². The van der Waals surface area contributed by atoms with Gasteiger partial charge in [0.05, 0.1) is 22.6 Å². The summed E-state index contributed by atoms with van der Waals surface area (Å²) in [5, 5.41) is 0.572. The molecule has 6 heteroatoms. The maximum atomic E-state index is 12.2. The highest BCUT2D eigenvalue weighted by Gasteiger charge is 2.03. The molecule has 0 saturated heterocycles. The quantitative estimate of drug-likeness (QED) is 0.702. The highest BCUT2D eigenvalue weighted by Crippen LogP contribution is 2.12. The second-order valence-corrected chi connectivity index (χ2v) is 5.42. The first-order valence-corrected chi connectivity index (χ1v) is 8.38. The molecule has 0 amide bonds. The molecular formula is C19H20ClN3O2. The van der Waals surface area contributed by atoms with Gasteiger partial charge in [-0.1, -0.05) is 25.4 Å². The van der Waals surface area contributed by atoms with E-state index in [9.17, 15) is 4.79 Å². The van der Waals surface area contributed by atoms with Gasteiger partial charge in [-0.2, -0.15) is 0 Å². The predicted octanol–water partition coefficient (Wildman–Crippen LogP) is 4.19. The highest BCUT2D eigenvalue weighted by atomic mass is 35.5. The van der Waals surface area contributed by atoms with Crippen molar-refractivity contribution in [3.05, 3.63) is 81.8 Å². The Labute approximate surface area is 151 Å². The molecule has 0 bridgehead atoms. The number of pyridine rings is 3. The fourth-order valence-corrected chi connectivity index (χ4v) is 2.13. The number of rotatable bonds is 4. The predicted molar refractivity (Wildman–Crippen MR) is 99.5 cm³/mol. The second kappa shape index (κ2) is 8.99. The van der Waals surface area contributed by atoms with Crippen molar-refractivity contribution in [2.45, 2.75) is 27.4 Å². The van der Waals surface area contributed by atoms with Crippen molar-refractivity contribution < 1.29 is 4.74 Å². The Morgan fingerprint density at radius 3 is 2.48 bits per heavy atom. The Bertz CT molecular complexity index is 859. The number of nitrogens with zero attached hydrogens (tertiary/aromatic N) is 3. The summed E-state index contributed by atoms with van der Waals surface area (Å²) >= 11 is 5.78. The molecule has 0 spiro atoms. The molecule has 3 aromatic rings. The van der Waals surface area contributed by atoms with Crippen LogP contribution in [0.1, 0.15) is 25.2 Å². The van der Waals surface area contributed by atoms with Crippen molar-refractivity contribution in [2.75, 3.05) is 0 Å². The van der Waals surface area contributed by atoms with Crippen LogP contribution in [0.5, 0.6) is 5.75 Å². The van der Waals surface area contributed by atoms with E-state index in [1.807, 2.05) is 32.9 Å². The zero-order valence-electron chi connectivity index (χ0n) is 14.4. The maximum absolute atomic E-state index is 12.2. The molecule has 0 aromatic carbocycles. The average molecular weight is 358 g/mol.